The molecule has 90 valence electrons. The van der Waals surface area contributed by atoms with Crippen molar-refractivity contribution in [3.63, 3.8) is 0 Å². The van der Waals surface area contributed by atoms with Crippen molar-refractivity contribution in [3.8, 4) is 0 Å². The molecule has 0 aliphatic heterocycles. The van der Waals surface area contributed by atoms with Crippen LogP contribution in [0.2, 0.25) is 0 Å². The first-order valence-corrected chi connectivity index (χ1v) is 5.93. The zero-order valence-corrected chi connectivity index (χ0v) is 10.5. The maximum Gasteiger partial charge on any atom is 0.0639 e. The number of nitrogens with zero attached hydrogens (tertiary/aromatic N) is 2. The Balaban J connectivity index is 2.56. The third-order valence-electron chi connectivity index (χ3n) is 2.44. The van der Waals surface area contributed by atoms with Gasteiger partial charge in [-0.3, -0.25) is 9.88 Å². The van der Waals surface area contributed by atoms with Gasteiger partial charge < -0.3 is 5.11 Å². The highest BCUT2D eigenvalue weighted by atomic mass is 16.3. The van der Waals surface area contributed by atoms with E-state index in [0.29, 0.717) is 0 Å². The van der Waals surface area contributed by atoms with Crippen LogP contribution in [-0.2, 0) is 6.54 Å². The number of rotatable bonds is 6. The lowest BCUT2D eigenvalue weighted by Crippen LogP contribution is -2.31. The number of aliphatic hydroxyl groups is 1. The molecule has 16 heavy (non-hydrogen) atoms. The van der Waals surface area contributed by atoms with Crippen LogP contribution in [0, 0.1) is 6.92 Å². The van der Waals surface area contributed by atoms with Gasteiger partial charge in [-0.05, 0) is 38.4 Å². The van der Waals surface area contributed by atoms with Crippen molar-refractivity contribution < 1.29 is 5.11 Å². The predicted octanol–water partition coefficient (Wildman–Crippen LogP) is 1.98. The van der Waals surface area contributed by atoms with Gasteiger partial charge in [0.25, 0.3) is 0 Å². The molecule has 0 spiro atoms. The van der Waals surface area contributed by atoms with Crippen molar-refractivity contribution in [2.75, 3.05) is 13.1 Å². The zero-order chi connectivity index (χ0) is 12.0. The van der Waals surface area contributed by atoms with Gasteiger partial charge in [-0.15, -0.1) is 0 Å². The molecule has 0 radical (unpaired) electrons. The quantitative estimate of drug-likeness (QED) is 0.799. The first-order chi connectivity index (χ1) is 7.61. The molecule has 0 saturated heterocycles. The van der Waals surface area contributed by atoms with Crippen molar-refractivity contribution in [2.45, 2.75) is 39.8 Å². The highest BCUT2D eigenvalue weighted by Gasteiger charge is 2.08. The minimum absolute atomic E-state index is 0.273. The first kappa shape index (κ1) is 13.1. The average molecular weight is 222 g/mol. The lowest BCUT2D eigenvalue weighted by Gasteiger charge is -2.23. The molecule has 3 nitrogen and oxygen atoms in total. The number of aliphatic hydroxyl groups excluding tert-OH is 1. The summed E-state index contributed by atoms with van der Waals surface area (Å²) in [5.74, 6) is 0. The van der Waals surface area contributed by atoms with Crippen LogP contribution in [0.25, 0.3) is 0 Å². The standard InChI is InChI=1S/C13H22N2O/c1-4-7-15(9-12(3)16)10-13-6-5-11(2)14-8-13/h5-6,8,12,16H,4,7,9-10H2,1-3H3. The normalized spacial score (nSPS) is 13.1. The van der Waals surface area contributed by atoms with Gasteiger partial charge in [-0.2, -0.15) is 0 Å². The topological polar surface area (TPSA) is 36.4 Å². The Bertz CT molecular complexity index is 295. The Morgan fingerprint density at radius 3 is 2.69 bits per heavy atom. The number of aryl methyl sites for hydroxylation is 1. The van der Waals surface area contributed by atoms with E-state index in [1.54, 1.807) is 0 Å². The van der Waals surface area contributed by atoms with Crippen LogP contribution >= 0.6 is 0 Å². The molecule has 3 heteroatoms. The summed E-state index contributed by atoms with van der Waals surface area (Å²) in [4.78, 5) is 6.54. The summed E-state index contributed by atoms with van der Waals surface area (Å²) in [6.45, 7) is 8.58. The SMILES string of the molecule is CCCN(Cc1ccc(C)nc1)CC(C)O. The van der Waals surface area contributed by atoms with Crippen molar-refractivity contribution in [1.29, 1.82) is 0 Å². The number of hydrogen-bond acceptors (Lipinski definition) is 3. The van der Waals surface area contributed by atoms with E-state index in [1.807, 2.05) is 26.1 Å². The smallest absolute Gasteiger partial charge is 0.0639 e. The highest BCUT2D eigenvalue weighted by Crippen LogP contribution is 2.06. The minimum Gasteiger partial charge on any atom is -0.392 e. The van der Waals surface area contributed by atoms with Gasteiger partial charge >= 0.3 is 0 Å². The lowest BCUT2D eigenvalue weighted by molar-refractivity contribution is 0.122. The van der Waals surface area contributed by atoms with E-state index >= 15 is 0 Å². The van der Waals surface area contributed by atoms with Gasteiger partial charge in [0.05, 0.1) is 6.10 Å². The van der Waals surface area contributed by atoms with Crippen molar-refractivity contribution in [2.24, 2.45) is 0 Å². The molecular weight excluding hydrogens is 200 g/mol. The van der Waals surface area contributed by atoms with Crippen molar-refractivity contribution in [3.05, 3.63) is 29.6 Å². The molecule has 1 aromatic rings. The summed E-state index contributed by atoms with van der Waals surface area (Å²) in [6.07, 6.45) is 2.75. The molecule has 0 fully saturated rings. The van der Waals surface area contributed by atoms with Crippen LogP contribution in [0.1, 0.15) is 31.5 Å². The fraction of sp³-hybridized carbons (Fsp3) is 0.615. The fourth-order valence-electron chi connectivity index (χ4n) is 1.77. The molecule has 1 heterocycles. The largest absolute Gasteiger partial charge is 0.392 e. The van der Waals surface area contributed by atoms with Gasteiger partial charge in [-0.25, -0.2) is 0 Å². The fourth-order valence-corrected chi connectivity index (χ4v) is 1.77. The van der Waals surface area contributed by atoms with Gasteiger partial charge in [0.1, 0.15) is 0 Å². The minimum atomic E-state index is -0.273. The highest BCUT2D eigenvalue weighted by molar-refractivity contribution is 5.12. The molecule has 1 aromatic heterocycles. The Hall–Kier alpha value is -0.930. The second-order valence-electron chi connectivity index (χ2n) is 4.39. The number of hydrogen-bond donors (Lipinski definition) is 1. The average Bonchev–Trinajstić information content (AvgIpc) is 2.21. The Kier molecular flexibility index (Phi) is 5.43. The van der Waals surface area contributed by atoms with Crippen LogP contribution in [0.4, 0.5) is 0 Å². The van der Waals surface area contributed by atoms with E-state index in [0.717, 1.165) is 31.7 Å². The summed E-state index contributed by atoms with van der Waals surface area (Å²) < 4.78 is 0. The van der Waals surface area contributed by atoms with Crippen LogP contribution in [0.5, 0.6) is 0 Å². The molecule has 0 aliphatic carbocycles. The van der Waals surface area contributed by atoms with E-state index in [1.165, 1.54) is 5.56 Å². The number of pyridine rings is 1. The van der Waals surface area contributed by atoms with Crippen molar-refractivity contribution >= 4 is 0 Å². The third kappa shape index (κ3) is 4.73. The van der Waals surface area contributed by atoms with Crippen molar-refractivity contribution in [1.82, 2.24) is 9.88 Å². The van der Waals surface area contributed by atoms with E-state index in [4.69, 9.17) is 0 Å². The molecule has 1 N–H and O–H groups in total. The molecule has 0 aliphatic rings. The molecule has 0 bridgehead atoms. The summed E-state index contributed by atoms with van der Waals surface area (Å²) in [5.41, 5.74) is 2.25. The zero-order valence-electron chi connectivity index (χ0n) is 10.5. The summed E-state index contributed by atoms with van der Waals surface area (Å²) >= 11 is 0. The molecule has 0 aromatic carbocycles. The summed E-state index contributed by atoms with van der Waals surface area (Å²) in [6, 6.07) is 4.13. The van der Waals surface area contributed by atoms with Crippen LogP contribution in [-0.4, -0.2) is 34.2 Å². The Morgan fingerprint density at radius 1 is 1.44 bits per heavy atom. The molecule has 1 unspecified atom stereocenters. The predicted molar refractivity (Wildman–Crippen MR) is 66.2 cm³/mol. The maximum absolute atomic E-state index is 9.41. The summed E-state index contributed by atoms with van der Waals surface area (Å²) in [5, 5.41) is 9.41. The molecular formula is C13H22N2O. The van der Waals surface area contributed by atoms with E-state index in [2.05, 4.69) is 22.9 Å². The van der Waals surface area contributed by atoms with Crippen LogP contribution in [0.3, 0.4) is 0 Å². The van der Waals surface area contributed by atoms with E-state index in [9.17, 15) is 5.11 Å². The van der Waals surface area contributed by atoms with E-state index in [-0.39, 0.29) is 6.10 Å². The van der Waals surface area contributed by atoms with E-state index < -0.39 is 0 Å². The second-order valence-corrected chi connectivity index (χ2v) is 4.39. The van der Waals surface area contributed by atoms with Gasteiger partial charge in [-0.1, -0.05) is 13.0 Å². The Morgan fingerprint density at radius 2 is 2.19 bits per heavy atom. The molecule has 0 saturated carbocycles. The maximum atomic E-state index is 9.41. The molecule has 1 atom stereocenters. The van der Waals surface area contributed by atoms with Crippen LogP contribution in [0.15, 0.2) is 18.3 Å². The molecule has 0 amide bonds. The van der Waals surface area contributed by atoms with Gasteiger partial charge in [0.2, 0.25) is 0 Å². The Labute approximate surface area is 98.1 Å². The summed E-state index contributed by atoms with van der Waals surface area (Å²) in [7, 11) is 0. The van der Waals surface area contributed by atoms with Gasteiger partial charge in [0, 0.05) is 25.0 Å². The monoisotopic (exact) mass is 222 g/mol. The van der Waals surface area contributed by atoms with Crippen LogP contribution < -0.4 is 0 Å². The number of aromatic nitrogens is 1. The first-order valence-electron chi connectivity index (χ1n) is 5.93. The third-order valence-corrected chi connectivity index (χ3v) is 2.44. The second kappa shape index (κ2) is 6.61. The lowest BCUT2D eigenvalue weighted by atomic mass is 10.2. The van der Waals surface area contributed by atoms with Gasteiger partial charge in [0.15, 0.2) is 0 Å². The molecule has 1 rings (SSSR count).